The summed E-state index contributed by atoms with van der Waals surface area (Å²) in [7, 11) is 1.59. The molecule has 0 bridgehead atoms. The fourth-order valence-corrected chi connectivity index (χ4v) is 4.79. The second kappa shape index (κ2) is 15.5. The highest BCUT2D eigenvalue weighted by Crippen LogP contribution is 2.35. The molecular formula is C31H47N3O5. The Bertz CT molecular complexity index is 1080. The monoisotopic (exact) mass is 541 g/mol. The molecule has 0 aromatic heterocycles. The van der Waals surface area contributed by atoms with E-state index in [-0.39, 0.29) is 42.6 Å². The predicted molar refractivity (Wildman–Crippen MR) is 157 cm³/mol. The summed E-state index contributed by atoms with van der Waals surface area (Å²) in [6.07, 6.45) is 5.36. The number of anilines is 1. The minimum Gasteiger partial charge on any atom is -0.444 e. The maximum Gasteiger partial charge on any atom is 0.410 e. The van der Waals surface area contributed by atoms with Crippen LogP contribution in [-0.4, -0.2) is 72.7 Å². The Morgan fingerprint density at radius 3 is 2.21 bits per heavy atom. The van der Waals surface area contributed by atoms with Crippen LogP contribution in [0.4, 0.5) is 10.5 Å². The molecule has 0 aliphatic carbocycles. The van der Waals surface area contributed by atoms with Crippen molar-refractivity contribution in [1.82, 2.24) is 10.2 Å². The van der Waals surface area contributed by atoms with E-state index in [1.807, 2.05) is 80.8 Å². The number of carbonyl (C=O) groups is 3. The molecule has 0 spiro atoms. The Morgan fingerprint density at radius 1 is 1.03 bits per heavy atom. The van der Waals surface area contributed by atoms with E-state index in [0.29, 0.717) is 12.8 Å². The van der Waals surface area contributed by atoms with Crippen LogP contribution in [0.2, 0.25) is 0 Å². The minimum atomic E-state index is -0.372. The van der Waals surface area contributed by atoms with Gasteiger partial charge in [0.1, 0.15) is 5.60 Å². The van der Waals surface area contributed by atoms with Crippen molar-refractivity contribution in [3.63, 3.8) is 0 Å². The summed E-state index contributed by atoms with van der Waals surface area (Å²) in [5, 5.41) is 14.3. The molecule has 0 saturated carbocycles. The first-order chi connectivity index (χ1) is 18.6. The van der Waals surface area contributed by atoms with E-state index in [4.69, 9.17) is 4.74 Å². The van der Waals surface area contributed by atoms with Gasteiger partial charge in [-0.3, -0.25) is 9.59 Å². The van der Waals surface area contributed by atoms with Crippen LogP contribution in [0.1, 0.15) is 83.5 Å². The molecule has 2 aromatic carbocycles. The van der Waals surface area contributed by atoms with Crippen molar-refractivity contribution in [2.45, 2.75) is 84.8 Å². The number of aliphatic hydroxyl groups is 1. The quantitative estimate of drug-likeness (QED) is 0.515. The summed E-state index contributed by atoms with van der Waals surface area (Å²) in [5.74, 6) is -0.0157. The molecule has 8 nitrogen and oxygen atoms in total. The van der Waals surface area contributed by atoms with Gasteiger partial charge >= 0.3 is 6.09 Å². The number of hydrogen-bond donors (Lipinski definition) is 2. The molecule has 8 heteroatoms. The van der Waals surface area contributed by atoms with Crippen LogP contribution < -0.4 is 10.2 Å². The van der Waals surface area contributed by atoms with Crippen molar-refractivity contribution in [2.24, 2.45) is 0 Å². The first-order valence-electron chi connectivity index (χ1n) is 14.3. The maximum absolute atomic E-state index is 12.5. The normalized spacial score (nSPS) is 15.7. The lowest BCUT2D eigenvalue weighted by Crippen LogP contribution is -2.44. The Labute approximate surface area is 233 Å². The Balaban J connectivity index is 0.000000287. The summed E-state index contributed by atoms with van der Waals surface area (Å²) in [6, 6.07) is 11.4. The molecule has 2 N–H and O–H groups in total. The number of carbonyl (C=O) groups excluding carboxylic acids is 3. The number of rotatable bonds is 5. The highest BCUT2D eigenvalue weighted by molar-refractivity contribution is 6.17. The molecule has 0 radical (unpaired) electrons. The minimum absolute atomic E-state index is 0.0488. The lowest BCUT2D eigenvalue weighted by atomic mass is 9.93. The number of nitrogens with zero attached hydrogens (tertiary/aromatic N) is 2. The number of amides is 2. The van der Waals surface area contributed by atoms with Crippen molar-refractivity contribution in [2.75, 3.05) is 38.2 Å². The number of hydrogen-bond acceptors (Lipinski definition) is 6. The Kier molecular flexibility index (Phi) is 12.7. The molecule has 1 fully saturated rings. The van der Waals surface area contributed by atoms with E-state index in [9.17, 15) is 19.5 Å². The van der Waals surface area contributed by atoms with Crippen LogP contribution in [0, 0.1) is 0 Å². The van der Waals surface area contributed by atoms with E-state index in [2.05, 4.69) is 5.32 Å². The lowest BCUT2D eigenvalue weighted by Gasteiger charge is -2.36. The van der Waals surface area contributed by atoms with Gasteiger partial charge in [0, 0.05) is 43.2 Å². The van der Waals surface area contributed by atoms with Crippen LogP contribution in [0.25, 0.3) is 10.8 Å². The van der Waals surface area contributed by atoms with Crippen molar-refractivity contribution in [3.05, 3.63) is 42.0 Å². The summed E-state index contributed by atoms with van der Waals surface area (Å²) in [4.78, 5) is 39.4. The summed E-state index contributed by atoms with van der Waals surface area (Å²) < 4.78 is 5.32. The van der Waals surface area contributed by atoms with Crippen molar-refractivity contribution < 1.29 is 24.2 Å². The van der Waals surface area contributed by atoms with Crippen LogP contribution in [0.15, 0.2) is 36.4 Å². The van der Waals surface area contributed by atoms with E-state index in [1.165, 1.54) is 12.8 Å². The number of ketones is 1. The van der Waals surface area contributed by atoms with Gasteiger partial charge in [-0.2, -0.15) is 0 Å². The predicted octanol–water partition coefficient (Wildman–Crippen LogP) is 5.55. The molecule has 2 heterocycles. The van der Waals surface area contributed by atoms with Gasteiger partial charge in [0.2, 0.25) is 5.91 Å². The van der Waals surface area contributed by atoms with Crippen LogP contribution >= 0.6 is 0 Å². The van der Waals surface area contributed by atoms with Gasteiger partial charge in [0.05, 0.1) is 19.2 Å². The van der Waals surface area contributed by atoms with Crippen LogP contribution in [0.5, 0.6) is 0 Å². The molecule has 2 aliphatic rings. The third-order valence-corrected chi connectivity index (χ3v) is 6.70. The third kappa shape index (κ3) is 9.24. The zero-order valence-electron chi connectivity index (χ0n) is 24.6. The molecule has 4 rings (SSSR count). The second-order valence-electron chi connectivity index (χ2n) is 10.7. The highest BCUT2D eigenvalue weighted by atomic mass is 16.6. The SMILES string of the molecule is CC.CC(C)(C)OC(=O)N1CCCCCC1.CNC(=O)CCC(CO)N1CC(=O)c2cccc3cccc1c23. The van der Waals surface area contributed by atoms with E-state index in [1.54, 1.807) is 7.05 Å². The molecule has 1 atom stereocenters. The van der Waals surface area contributed by atoms with Gasteiger partial charge in [-0.15, -0.1) is 0 Å². The smallest absolute Gasteiger partial charge is 0.410 e. The van der Waals surface area contributed by atoms with E-state index < -0.39 is 0 Å². The Hall–Kier alpha value is -3.13. The number of nitrogens with one attached hydrogen (secondary N) is 1. The Morgan fingerprint density at radius 2 is 1.64 bits per heavy atom. The van der Waals surface area contributed by atoms with E-state index in [0.717, 1.165) is 48.0 Å². The standard InChI is InChI=1S/C18H20N2O3.C11H21NO2.C2H6/c1-19-17(23)9-8-13(11-21)20-10-16(22)14-6-2-4-12-5-3-7-15(20)18(12)14;1-11(2,3)14-10(13)12-8-6-4-5-7-9-12;1-2/h2-7,13,21H,8-11H2,1H3,(H,19,23);4-9H2,1-3H3;1-2H3. The number of likely N-dealkylation sites (tertiary alicyclic amines) is 1. The number of ether oxygens (including phenoxy) is 1. The van der Waals surface area contributed by atoms with Gasteiger partial charge in [0.25, 0.3) is 0 Å². The fraction of sp³-hybridized carbons (Fsp3) is 0.581. The largest absolute Gasteiger partial charge is 0.444 e. The number of Topliss-reactive ketones (excluding diaryl/α,β-unsaturated/α-hetero) is 1. The molecule has 1 saturated heterocycles. The first kappa shape index (κ1) is 32.1. The molecular weight excluding hydrogens is 494 g/mol. The molecule has 2 aromatic rings. The van der Waals surface area contributed by atoms with Gasteiger partial charge < -0.3 is 25.0 Å². The molecule has 2 aliphatic heterocycles. The second-order valence-corrected chi connectivity index (χ2v) is 10.7. The average Bonchev–Trinajstić information content (AvgIpc) is 3.22. The third-order valence-electron chi connectivity index (χ3n) is 6.70. The van der Waals surface area contributed by atoms with Gasteiger partial charge in [-0.05, 0) is 51.5 Å². The number of aliphatic hydroxyl groups excluding tert-OH is 1. The van der Waals surface area contributed by atoms with Gasteiger partial charge in [-0.1, -0.05) is 57.0 Å². The van der Waals surface area contributed by atoms with E-state index >= 15 is 0 Å². The van der Waals surface area contributed by atoms with Gasteiger partial charge in [-0.25, -0.2) is 4.79 Å². The van der Waals surface area contributed by atoms with Crippen molar-refractivity contribution in [3.8, 4) is 0 Å². The zero-order valence-corrected chi connectivity index (χ0v) is 24.6. The molecule has 1 unspecified atom stereocenters. The molecule has 216 valence electrons. The lowest BCUT2D eigenvalue weighted by molar-refractivity contribution is -0.120. The first-order valence-corrected chi connectivity index (χ1v) is 14.3. The average molecular weight is 542 g/mol. The summed E-state index contributed by atoms with van der Waals surface area (Å²) in [5.41, 5.74) is 1.31. The summed E-state index contributed by atoms with van der Waals surface area (Å²) in [6.45, 7) is 11.6. The zero-order chi connectivity index (χ0) is 29.0. The topological polar surface area (TPSA) is 99.2 Å². The number of benzene rings is 2. The maximum atomic E-state index is 12.5. The summed E-state index contributed by atoms with van der Waals surface area (Å²) >= 11 is 0. The van der Waals surface area contributed by atoms with Crippen LogP contribution in [0.3, 0.4) is 0 Å². The van der Waals surface area contributed by atoms with Crippen LogP contribution in [-0.2, 0) is 9.53 Å². The molecule has 39 heavy (non-hydrogen) atoms. The van der Waals surface area contributed by atoms with Crippen molar-refractivity contribution in [1.29, 1.82) is 0 Å². The van der Waals surface area contributed by atoms with Crippen molar-refractivity contribution >= 4 is 34.2 Å². The highest BCUT2D eigenvalue weighted by Gasteiger charge is 2.29. The molecule has 2 amide bonds. The fourth-order valence-electron chi connectivity index (χ4n) is 4.79. The van der Waals surface area contributed by atoms with Gasteiger partial charge in [0.15, 0.2) is 5.78 Å².